The standard InChI is InChI=1S/C18H18FN3OS/c1-24(23)13-14-3-2-4-16(11-14)20-12-17-9-10-22(21-17)18-7-5-15(19)6-8-18/h2-11,20H,12-13H2,1H3/t24-/m0/s1. The number of nitrogens with zero attached hydrogens (tertiary/aromatic N) is 2. The van der Waals surface area contributed by atoms with Crippen molar-refractivity contribution in [1.82, 2.24) is 9.78 Å². The van der Waals surface area contributed by atoms with E-state index in [1.54, 1.807) is 23.1 Å². The molecule has 0 bridgehead atoms. The highest BCUT2D eigenvalue weighted by molar-refractivity contribution is 7.83. The van der Waals surface area contributed by atoms with Crippen molar-refractivity contribution in [2.45, 2.75) is 12.3 Å². The van der Waals surface area contributed by atoms with E-state index in [0.29, 0.717) is 12.3 Å². The molecular formula is C18H18FN3OS. The zero-order valence-electron chi connectivity index (χ0n) is 13.3. The van der Waals surface area contributed by atoms with Gasteiger partial charge in [0.25, 0.3) is 0 Å². The highest BCUT2D eigenvalue weighted by Crippen LogP contribution is 2.14. The first kappa shape index (κ1) is 16.4. The van der Waals surface area contributed by atoms with Gasteiger partial charge in [0.05, 0.1) is 17.9 Å². The molecular weight excluding hydrogens is 325 g/mol. The van der Waals surface area contributed by atoms with Crippen LogP contribution < -0.4 is 5.32 Å². The number of halogens is 1. The Kier molecular flexibility index (Phi) is 5.05. The third kappa shape index (κ3) is 4.29. The van der Waals surface area contributed by atoms with E-state index in [2.05, 4.69) is 10.4 Å². The molecule has 1 atom stereocenters. The predicted molar refractivity (Wildman–Crippen MR) is 95.1 cm³/mol. The third-order valence-corrected chi connectivity index (χ3v) is 4.25. The predicted octanol–water partition coefficient (Wildman–Crippen LogP) is 3.50. The second kappa shape index (κ2) is 7.40. The van der Waals surface area contributed by atoms with E-state index in [0.717, 1.165) is 22.6 Å². The summed E-state index contributed by atoms with van der Waals surface area (Å²) in [7, 11) is -0.854. The molecule has 124 valence electrons. The van der Waals surface area contributed by atoms with Crippen LogP contribution in [0.3, 0.4) is 0 Å². The van der Waals surface area contributed by atoms with Crippen molar-refractivity contribution in [3.8, 4) is 5.69 Å². The molecule has 1 heterocycles. The Bertz CT molecular complexity index is 845. The molecule has 4 nitrogen and oxygen atoms in total. The summed E-state index contributed by atoms with van der Waals surface area (Å²) >= 11 is 0. The van der Waals surface area contributed by atoms with Gasteiger partial charge in [-0.05, 0) is 48.0 Å². The molecule has 0 saturated heterocycles. The Morgan fingerprint density at radius 1 is 1.17 bits per heavy atom. The van der Waals surface area contributed by atoms with Crippen LogP contribution in [-0.2, 0) is 23.1 Å². The van der Waals surface area contributed by atoms with Gasteiger partial charge in [0.15, 0.2) is 0 Å². The van der Waals surface area contributed by atoms with Gasteiger partial charge >= 0.3 is 0 Å². The van der Waals surface area contributed by atoms with Crippen molar-refractivity contribution >= 4 is 16.5 Å². The topological polar surface area (TPSA) is 46.9 Å². The zero-order valence-corrected chi connectivity index (χ0v) is 14.1. The Balaban J connectivity index is 1.65. The van der Waals surface area contributed by atoms with Crippen LogP contribution >= 0.6 is 0 Å². The minimum Gasteiger partial charge on any atom is -0.379 e. The molecule has 0 amide bonds. The van der Waals surface area contributed by atoms with Gasteiger partial charge in [0.2, 0.25) is 0 Å². The molecule has 6 heteroatoms. The smallest absolute Gasteiger partial charge is 0.123 e. The molecule has 24 heavy (non-hydrogen) atoms. The summed E-state index contributed by atoms with van der Waals surface area (Å²) in [5.41, 5.74) is 3.70. The van der Waals surface area contributed by atoms with Gasteiger partial charge in [-0.25, -0.2) is 9.07 Å². The summed E-state index contributed by atoms with van der Waals surface area (Å²) in [4.78, 5) is 0. The number of rotatable bonds is 6. The molecule has 0 aliphatic rings. The normalized spacial score (nSPS) is 12.1. The lowest BCUT2D eigenvalue weighted by Crippen LogP contribution is -2.03. The van der Waals surface area contributed by atoms with Crippen LogP contribution in [-0.4, -0.2) is 20.2 Å². The zero-order chi connectivity index (χ0) is 16.9. The lowest BCUT2D eigenvalue weighted by Gasteiger charge is -2.07. The van der Waals surface area contributed by atoms with Crippen LogP contribution in [0.1, 0.15) is 11.3 Å². The molecule has 0 spiro atoms. The molecule has 2 aromatic carbocycles. The van der Waals surface area contributed by atoms with Crippen molar-refractivity contribution in [1.29, 1.82) is 0 Å². The number of hydrogen-bond donors (Lipinski definition) is 1. The fraction of sp³-hybridized carbons (Fsp3) is 0.167. The number of anilines is 1. The first-order valence-corrected chi connectivity index (χ1v) is 9.26. The number of nitrogens with one attached hydrogen (secondary N) is 1. The number of hydrogen-bond acceptors (Lipinski definition) is 3. The van der Waals surface area contributed by atoms with Crippen LogP contribution in [0.25, 0.3) is 5.69 Å². The molecule has 1 N–H and O–H groups in total. The first-order valence-electron chi connectivity index (χ1n) is 7.53. The fourth-order valence-electron chi connectivity index (χ4n) is 2.39. The average Bonchev–Trinajstić information content (AvgIpc) is 3.02. The SMILES string of the molecule is C[S@](=O)Cc1cccc(NCc2ccn(-c3ccc(F)cc3)n2)c1. The van der Waals surface area contributed by atoms with Crippen molar-refractivity contribution in [3.05, 3.63) is 77.9 Å². The summed E-state index contributed by atoms with van der Waals surface area (Å²) in [6.45, 7) is 0.576. The number of benzene rings is 2. The van der Waals surface area contributed by atoms with Crippen LogP contribution in [0.4, 0.5) is 10.1 Å². The summed E-state index contributed by atoms with van der Waals surface area (Å²) in [6.07, 6.45) is 3.54. The van der Waals surface area contributed by atoms with Gasteiger partial charge in [-0.1, -0.05) is 12.1 Å². The Morgan fingerprint density at radius 2 is 1.96 bits per heavy atom. The molecule has 1 aromatic heterocycles. The van der Waals surface area contributed by atoms with Gasteiger partial charge in [0, 0.05) is 34.7 Å². The Hall–Kier alpha value is -2.47. The monoisotopic (exact) mass is 343 g/mol. The van der Waals surface area contributed by atoms with Gasteiger partial charge in [0.1, 0.15) is 5.82 Å². The molecule has 0 saturated carbocycles. The molecule has 0 aliphatic carbocycles. The van der Waals surface area contributed by atoms with Crippen molar-refractivity contribution in [3.63, 3.8) is 0 Å². The van der Waals surface area contributed by atoms with E-state index in [4.69, 9.17) is 0 Å². The van der Waals surface area contributed by atoms with Crippen LogP contribution in [0.5, 0.6) is 0 Å². The molecule has 3 aromatic rings. The largest absolute Gasteiger partial charge is 0.379 e. The van der Waals surface area contributed by atoms with Crippen LogP contribution in [0.15, 0.2) is 60.8 Å². The van der Waals surface area contributed by atoms with Crippen molar-refractivity contribution < 1.29 is 8.60 Å². The Morgan fingerprint density at radius 3 is 2.71 bits per heavy atom. The molecule has 3 rings (SSSR count). The summed E-state index contributed by atoms with van der Waals surface area (Å²) in [6, 6.07) is 16.0. The lowest BCUT2D eigenvalue weighted by atomic mass is 10.2. The highest BCUT2D eigenvalue weighted by atomic mass is 32.2. The fourth-order valence-corrected chi connectivity index (χ4v) is 3.04. The van der Waals surface area contributed by atoms with E-state index >= 15 is 0 Å². The van der Waals surface area contributed by atoms with Gasteiger partial charge in [-0.2, -0.15) is 5.10 Å². The lowest BCUT2D eigenvalue weighted by molar-refractivity contribution is 0.627. The third-order valence-electron chi connectivity index (χ3n) is 3.51. The maximum atomic E-state index is 13.0. The molecule has 0 unspecified atom stereocenters. The van der Waals surface area contributed by atoms with Crippen LogP contribution in [0, 0.1) is 5.82 Å². The maximum Gasteiger partial charge on any atom is 0.123 e. The number of aromatic nitrogens is 2. The van der Waals surface area contributed by atoms with Gasteiger partial charge < -0.3 is 5.32 Å². The molecule has 0 fully saturated rings. The minimum atomic E-state index is -0.854. The van der Waals surface area contributed by atoms with E-state index in [-0.39, 0.29) is 5.82 Å². The average molecular weight is 343 g/mol. The summed E-state index contributed by atoms with van der Waals surface area (Å²) in [5, 5.41) is 7.79. The minimum absolute atomic E-state index is 0.263. The second-order valence-corrected chi connectivity index (χ2v) is 6.93. The van der Waals surface area contributed by atoms with Crippen molar-refractivity contribution in [2.75, 3.05) is 11.6 Å². The van der Waals surface area contributed by atoms with Crippen molar-refractivity contribution in [2.24, 2.45) is 0 Å². The van der Waals surface area contributed by atoms with E-state index < -0.39 is 10.8 Å². The van der Waals surface area contributed by atoms with Gasteiger partial charge in [-0.15, -0.1) is 0 Å². The quantitative estimate of drug-likeness (QED) is 0.745. The summed E-state index contributed by atoms with van der Waals surface area (Å²) < 4.78 is 26.0. The Labute approximate surface area is 142 Å². The summed E-state index contributed by atoms with van der Waals surface area (Å²) in [5.74, 6) is 0.287. The van der Waals surface area contributed by atoms with E-state index in [9.17, 15) is 8.60 Å². The molecule has 0 radical (unpaired) electrons. The van der Waals surface area contributed by atoms with E-state index in [1.165, 1.54) is 12.1 Å². The van der Waals surface area contributed by atoms with Crippen LogP contribution in [0.2, 0.25) is 0 Å². The second-order valence-electron chi connectivity index (χ2n) is 5.50. The maximum absolute atomic E-state index is 13.0. The first-order chi connectivity index (χ1) is 11.6. The molecule has 0 aliphatic heterocycles. The highest BCUT2D eigenvalue weighted by Gasteiger charge is 2.03. The van der Waals surface area contributed by atoms with Gasteiger partial charge in [-0.3, -0.25) is 4.21 Å². The van der Waals surface area contributed by atoms with E-state index in [1.807, 2.05) is 36.5 Å².